The van der Waals surface area contributed by atoms with E-state index in [1.165, 1.54) is 0 Å². The Morgan fingerprint density at radius 2 is 1.22 bits per heavy atom. The molecule has 0 aliphatic heterocycles. The SMILES string of the molecule is O=[P](=O)[Cr](=[O])(=[O])([O-])[O-].[Ca+2]. The zero-order valence-corrected chi connectivity index (χ0v) is 8.39. The van der Waals surface area contributed by atoms with Crippen molar-refractivity contribution in [2.75, 3.05) is 0 Å². The third-order valence-electron chi connectivity index (χ3n) is 0.243. The van der Waals surface area contributed by atoms with E-state index >= 15 is 0 Å². The maximum Gasteiger partial charge on any atom is 2.00 e. The van der Waals surface area contributed by atoms with Crippen LogP contribution in [0.2, 0.25) is 0 Å². The van der Waals surface area contributed by atoms with Crippen LogP contribution in [0.3, 0.4) is 0 Å². The van der Waals surface area contributed by atoms with Crippen LogP contribution in [-0.2, 0) is 28.8 Å². The van der Waals surface area contributed by atoms with Crippen molar-refractivity contribution in [2.45, 2.75) is 0 Å². The minimum Gasteiger partial charge on any atom is 2.00 e. The summed E-state index contributed by atoms with van der Waals surface area (Å²) in [5.41, 5.74) is 0. The van der Waals surface area contributed by atoms with Gasteiger partial charge in [-0.25, -0.2) is 0 Å². The maximum absolute atomic E-state index is 9.28. The van der Waals surface area contributed by atoms with E-state index in [2.05, 4.69) is 0 Å². The summed E-state index contributed by atoms with van der Waals surface area (Å²) in [5.74, 6) is 0. The minimum atomic E-state index is -7.59. The first-order chi connectivity index (χ1) is 3.20. The summed E-state index contributed by atoms with van der Waals surface area (Å²) < 4.78 is 55.5. The predicted octanol–water partition coefficient (Wildman–Crippen LogP) is -2.38. The van der Waals surface area contributed by atoms with Crippen LogP contribution < -0.4 is 8.32 Å². The monoisotopic (exact) mass is 219 g/mol. The zero-order chi connectivity index (χ0) is 7.02. The molecule has 0 aliphatic carbocycles. The Balaban J connectivity index is 0. The third-order valence-corrected chi connectivity index (χ3v) is 3.01. The molecule has 0 spiro atoms. The molecule has 0 N–H and O–H groups in total. The molecule has 6 nitrogen and oxygen atoms in total. The van der Waals surface area contributed by atoms with Crippen molar-refractivity contribution in [1.29, 1.82) is 0 Å². The van der Waals surface area contributed by atoms with Gasteiger partial charge in [0.25, 0.3) is 0 Å². The van der Waals surface area contributed by atoms with Gasteiger partial charge < -0.3 is 0 Å². The summed E-state index contributed by atoms with van der Waals surface area (Å²) in [4.78, 5) is 0. The Kier molecular flexibility index (Phi) is 4.39. The maximum atomic E-state index is 9.28. The van der Waals surface area contributed by atoms with Crippen molar-refractivity contribution in [3.8, 4) is 0 Å². The number of hydrogen-bond donors (Lipinski definition) is 0. The first-order valence-corrected chi connectivity index (χ1v) is 6.10. The molecule has 49 valence electrons. The molecular weight excluding hydrogens is 219 g/mol. The molecule has 9 heteroatoms. The molecule has 0 heterocycles. The molecule has 0 bridgehead atoms. The van der Waals surface area contributed by atoms with Crippen LogP contribution >= 0.6 is 6.33 Å². The molecule has 0 atom stereocenters. The average Bonchev–Trinajstić information content (AvgIpc) is 1.27. The molecule has 0 aliphatic rings. The quantitative estimate of drug-likeness (QED) is 0.359. The molecule has 0 fully saturated rings. The summed E-state index contributed by atoms with van der Waals surface area (Å²) in [5, 5.41) is 0. The molecule has 0 aromatic heterocycles. The van der Waals surface area contributed by atoms with Crippen LogP contribution in [0.15, 0.2) is 0 Å². The summed E-state index contributed by atoms with van der Waals surface area (Å²) in [6, 6.07) is 0. The predicted molar refractivity (Wildman–Crippen MR) is 15.4 cm³/mol. The largest absolute Gasteiger partial charge is 2.00 e. The van der Waals surface area contributed by atoms with Crippen molar-refractivity contribution < 1.29 is 37.1 Å². The topological polar surface area (TPSA) is 114 Å². The summed E-state index contributed by atoms with van der Waals surface area (Å²) in [6.07, 6.45) is -4.38. The van der Waals surface area contributed by atoms with Crippen molar-refractivity contribution >= 4 is 44.1 Å². The van der Waals surface area contributed by atoms with Crippen molar-refractivity contribution in [3.05, 3.63) is 0 Å². The molecule has 0 saturated heterocycles. The Bertz CT molecular complexity index is 258. The molecule has 0 aromatic rings. The molecule has 0 amide bonds. The van der Waals surface area contributed by atoms with Crippen LogP contribution in [0, 0.1) is 0 Å². The van der Waals surface area contributed by atoms with Gasteiger partial charge >= 0.3 is 81.2 Å². The van der Waals surface area contributed by atoms with E-state index in [1.807, 2.05) is 0 Å². The smallest absolute Gasteiger partial charge is 2.00 e. The second-order valence-electron chi connectivity index (χ2n) is 0.930. The van der Waals surface area contributed by atoms with Crippen LogP contribution in [0.5, 0.6) is 0 Å². The molecular formula is CaCrO6P. The van der Waals surface area contributed by atoms with Gasteiger partial charge in [0.2, 0.25) is 0 Å². The fourth-order valence-corrected chi connectivity index (χ4v) is 0. The van der Waals surface area contributed by atoms with Crippen LogP contribution in [0.25, 0.3) is 0 Å². The number of rotatable bonds is 1. The van der Waals surface area contributed by atoms with Gasteiger partial charge in [-0.1, -0.05) is 0 Å². The molecule has 0 unspecified atom stereocenters. The van der Waals surface area contributed by atoms with Gasteiger partial charge in [0.1, 0.15) is 0 Å². The van der Waals surface area contributed by atoms with E-state index < -0.39 is 18.4 Å². The first kappa shape index (κ1) is 12.9. The van der Waals surface area contributed by atoms with Crippen LogP contribution in [0.1, 0.15) is 0 Å². The fourth-order valence-electron chi connectivity index (χ4n) is 0. The van der Waals surface area contributed by atoms with E-state index in [9.17, 15) is 25.1 Å². The van der Waals surface area contributed by atoms with E-state index in [0.717, 1.165) is 0 Å². The van der Waals surface area contributed by atoms with Crippen molar-refractivity contribution in [3.63, 3.8) is 0 Å². The summed E-state index contributed by atoms with van der Waals surface area (Å²) in [7, 11) is 0. The fraction of sp³-hybridized carbons (Fsp3) is 0. The summed E-state index contributed by atoms with van der Waals surface area (Å²) >= 11 is -7.59. The average molecular weight is 219 g/mol. The Morgan fingerprint density at radius 1 is 1.11 bits per heavy atom. The molecule has 0 saturated carbocycles. The van der Waals surface area contributed by atoms with E-state index in [-0.39, 0.29) is 37.7 Å². The van der Waals surface area contributed by atoms with E-state index in [1.54, 1.807) is 0 Å². The zero-order valence-electron chi connectivity index (χ0n) is 4.01. The summed E-state index contributed by atoms with van der Waals surface area (Å²) in [6.45, 7) is 0. The van der Waals surface area contributed by atoms with E-state index in [4.69, 9.17) is 0 Å². The third kappa shape index (κ3) is 5.65. The van der Waals surface area contributed by atoms with E-state index in [0.29, 0.717) is 0 Å². The van der Waals surface area contributed by atoms with Gasteiger partial charge in [-0.2, -0.15) is 0 Å². The van der Waals surface area contributed by atoms with Gasteiger partial charge in [-0.15, -0.1) is 0 Å². The molecule has 9 heavy (non-hydrogen) atoms. The normalized spacial score (nSPS) is 14.7. The molecule has 0 rings (SSSR count). The molecule has 0 aromatic carbocycles. The standard InChI is InChI=1S/Ca.Cr.O2P.4O/c;;1-3-2;;;;/q+2;;;;;2*-1. The van der Waals surface area contributed by atoms with Gasteiger partial charge in [0.15, 0.2) is 0 Å². The van der Waals surface area contributed by atoms with Gasteiger partial charge in [-0.3, -0.25) is 0 Å². The second-order valence-corrected chi connectivity index (χ2v) is 7.44. The first-order valence-electron chi connectivity index (χ1n) is 1.21. The Morgan fingerprint density at radius 3 is 1.22 bits per heavy atom. The van der Waals surface area contributed by atoms with Crippen molar-refractivity contribution in [1.82, 2.24) is 0 Å². The number of hydrogen-bond acceptors (Lipinski definition) is 6. The minimum absolute atomic E-state index is 0. The van der Waals surface area contributed by atoms with Crippen LogP contribution in [-0.4, -0.2) is 37.7 Å². The van der Waals surface area contributed by atoms with Gasteiger partial charge in [-0.05, 0) is 0 Å². The molecule has 0 radical (unpaired) electrons. The van der Waals surface area contributed by atoms with Gasteiger partial charge in [0.05, 0.1) is 0 Å². The Labute approximate surface area is 80.4 Å². The second kappa shape index (κ2) is 3.08. The van der Waals surface area contributed by atoms with Gasteiger partial charge in [0, 0.05) is 0 Å². The van der Waals surface area contributed by atoms with Crippen LogP contribution in [0.4, 0.5) is 0 Å². The Hall–Kier alpha value is 1.21. The van der Waals surface area contributed by atoms with Crippen molar-refractivity contribution in [2.24, 2.45) is 0 Å².